The molecule has 2 fully saturated rings. The lowest BCUT2D eigenvalue weighted by molar-refractivity contribution is -0.115. The van der Waals surface area contributed by atoms with Gasteiger partial charge in [-0.05, 0) is 88.8 Å². The monoisotopic (exact) mass is 710 g/mol. The average Bonchev–Trinajstić information content (AvgIpc) is 3.56. The van der Waals surface area contributed by atoms with Crippen molar-refractivity contribution in [2.24, 2.45) is 5.73 Å². The number of hydrogen-bond acceptors (Lipinski definition) is 7. The number of nitrogens with two attached hydrogens (primary N) is 1. The summed E-state index contributed by atoms with van der Waals surface area (Å²) < 4.78 is 0. The zero-order valence-electron chi connectivity index (χ0n) is 28.4. The minimum Gasteiger partial charge on any atom is -0.478 e. The number of ketones is 2. The van der Waals surface area contributed by atoms with Crippen molar-refractivity contribution in [2.45, 2.75) is 116 Å². The molecule has 2 aromatic carbocycles. The molecule has 0 radical (unpaired) electrons. The van der Waals surface area contributed by atoms with E-state index in [2.05, 4.69) is 16.0 Å². The van der Waals surface area contributed by atoms with Crippen LogP contribution in [-0.4, -0.2) is 40.6 Å². The fourth-order valence-electron chi connectivity index (χ4n) is 6.41. The van der Waals surface area contributed by atoms with Crippen LogP contribution in [0.4, 0.5) is 11.4 Å². The minimum atomic E-state index is -1.06. The SMILES string of the molecule is CC1=C(Nc2ccc(C(=O)NC3CCCCC3)c(Cl)c2)CCC1=O.CC1=C(Nc2ccc(C(=O)O)c(Cl)c2)CCC1=O.NC1CCCCC1. The van der Waals surface area contributed by atoms with E-state index in [9.17, 15) is 19.2 Å². The Morgan fingerprint density at radius 1 is 0.694 bits per heavy atom. The van der Waals surface area contributed by atoms with E-state index in [1.807, 2.05) is 13.0 Å². The van der Waals surface area contributed by atoms with Crippen molar-refractivity contribution >= 4 is 58.0 Å². The standard InChI is InChI=1S/C19H23ClN2O2.C13H12ClNO3.C6H13N/c1-12-17(9-10-18(12)23)21-14-7-8-15(16(20)11-14)19(24)22-13-5-3-2-4-6-13;1-7-11(4-5-12(7)16)15-8-2-3-9(13(17)18)10(14)6-8;7-6-4-2-1-3-5-6/h7-8,11,13,21H,2-6,9-10H2,1H3,(H,22,24);2-3,6,15H,4-5H2,1H3,(H,17,18);6H,1-5,7H2. The molecule has 264 valence electrons. The van der Waals surface area contributed by atoms with Crippen LogP contribution in [0.1, 0.15) is 124 Å². The molecule has 0 atom stereocenters. The third-order valence-corrected chi connectivity index (χ3v) is 10.2. The molecular formula is C38H48Cl2N4O5. The highest BCUT2D eigenvalue weighted by molar-refractivity contribution is 6.34. The number of Topliss-reactive ketones (excluding diaryl/α,β-unsaturated/α-hetero) is 2. The van der Waals surface area contributed by atoms with Crippen LogP contribution in [0.15, 0.2) is 58.9 Å². The maximum absolute atomic E-state index is 12.4. The van der Waals surface area contributed by atoms with Gasteiger partial charge in [0.15, 0.2) is 11.6 Å². The van der Waals surface area contributed by atoms with Crippen LogP contribution in [0.3, 0.4) is 0 Å². The van der Waals surface area contributed by atoms with Crippen LogP contribution in [0.2, 0.25) is 10.0 Å². The lowest BCUT2D eigenvalue weighted by Crippen LogP contribution is -2.36. The number of allylic oxidation sites excluding steroid dienone is 4. The molecule has 49 heavy (non-hydrogen) atoms. The van der Waals surface area contributed by atoms with Gasteiger partial charge in [0.1, 0.15) is 0 Å². The number of halogens is 2. The number of carboxylic acid groups (broad SMARTS) is 1. The topological polar surface area (TPSA) is 151 Å². The van der Waals surface area contributed by atoms with E-state index in [-0.39, 0.29) is 34.1 Å². The highest BCUT2D eigenvalue weighted by Crippen LogP contribution is 2.29. The van der Waals surface area contributed by atoms with Gasteiger partial charge in [0.25, 0.3) is 5.91 Å². The van der Waals surface area contributed by atoms with E-state index in [1.165, 1.54) is 57.4 Å². The first kappa shape index (κ1) is 38.1. The summed E-state index contributed by atoms with van der Waals surface area (Å²) in [5.41, 5.74) is 11.0. The van der Waals surface area contributed by atoms with E-state index in [4.69, 9.17) is 34.0 Å². The summed E-state index contributed by atoms with van der Waals surface area (Å²) in [6.45, 7) is 3.62. The lowest BCUT2D eigenvalue weighted by Gasteiger charge is -2.23. The van der Waals surface area contributed by atoms with Crippen molar-refractivity contribution in [1.82, 2.24) is 5.32 Å². The number of aromatic carboxylic acids is 1. The van der Waals surface area contributed by atoms with Crippen LogP contribution < -0.4 is 21.7 Å². The van der Waals surface area contributed by atoms with Gasteiger partial charge in [-0.15, -0.1) is 0 Å². The number of carbonyl (C=O) groups excluding carboxylic acids is 3. The second kappa shape index (κ2) is 18.4. The number of carboxylic acids is 1. The van der Waals surface area contributed by atoms with Crippen molar-refractivity contribution in [3.8, 4) is 0 Å². The van der Waals surface area contributed by atoms with Crippen LogP contribution >= 0.6 is 23.2 Å². The smallest absolute Gasteiger partial charge is 0.337 e. The predicted molar refractivity (Wildman–Crippen MR) is 196 cm³/mol. The van der Waals surface area contributed by atoms with Crippen LogP contribution in [0, 0.1) is 0 Å². The van der Waals surface area contributed by atoms with Gasteiger partial charge in [-0.1, -0.05) is 61.7 Å². The molecule has 0 heterocycles. The summed E-state index contributed by atoms with van der Waals surface area (Å²) >= 11 is 12.2. The predicted octanol–water partition coefficient (Wildman–Crippen LogP) is 8.82. The zero-order valence-corrected chi connectivity index (χ0v) is 29.9. The Kier molecular flexibility index (Phi) is 14.3. The number of amides is 1. The minimum absolute atomic E-state index is 0.0652. The number of rotatable bonds is 7. The number of benzene rings is 2. The molecule has 11 heteroatoms. The molecule has 0 unspecified atom stereocenters. The maximum Gasteiger partial charge on any atom is 0.337 e. The van der Waals surface area contributed by atoms with Gasteiger partial charge in [0.2, 0.25) is 0 Å². The Labute approximate surface area is 299 Å². The third kappa shape index (κ3) is 11.2. The molecule has 6 rings (SSSR count). The molecule has 9 nitrogen and oxygen atoms in total. The molecule has 0 aliphatic heterocycles. The fraction of sp³-hybridized carbons (Fsp3) is 0.474. The van der Waals surface area contributed by atoms with Crippen LogP contribution in [0.5, 0.6) is 0 Å². The normalized spacial score (nSPS) is 18.4. The average molecular weight is 712 g/mol. The Morgan fingerprint density at radius 2 is 1.14 bits per heavy atom. The summed E-state index contributed by atoms with van der Waals surface area (Å²) in [5, 5.41) is 18.9. The molecule has 0 bridgehead atoms. The first-order valence-electron chi connectivity index (χ1n) is 17.3. The summed E-state index contributed by atoms with van der Waals surface area (Å²) in [5.74, 6) is -0.833. The fourth-order valence-corrected chi connectivity index (χ4v) is 6.94. The van der Waals surface area contributed by atoms with Crippen LogP contribution in [-0.2, 0) is 9.59 Å². The first-order valence-corrected chi connectivity index (χ1v) is 18.1. The van der Waals surface area contributed by atoms with Gasteiger partial charge in [-0.25, -0.2) is 4.79 Å². The quantitative estimate of drug-likeness (QED) is 0.191. The highest BCUT2D eigenvalue weighted by atomic mass is 35.5. The highest BCUT2D eigenvalue weighted by Gasteiger charge is 2.22. The number of carbonyl (C=O) groups is 4. The van der Waals surface area contributed by atoms with Gasteiger partial charge in [-0.3, -0.25) is 14.4 Å². The van der Waals surface area contributed by atoms with Gasteiger partial charge in [-0.2, -0.15) is 0 Å². The van der Waals surface area contributed by atoms with Gasteiger partial charge >= 0.3 is 5.97 Å². The Morgan fingerprint density at radius 3 is 1.51 bits per heavy atom. The van der Waals surface area contributed by atoms with E-state index < -0.39 is 5.97 Å². The summed E-state index contributed by atoms with van der Waals surface area (Å²) in [6, 6.07) is 10.8. The summed E-state index contributed by atoms with van der Waals surface area (Å²) in [6.07, 6.45) is 14.9. The molecule has 0 aromatic heterocycles. The molecule has 6 N–H and O–H groups in total. The Hall–Kier alpha value is -3.66. The van der Waals surface area contributed by atoms with Crippen molar-refractivity contribution in [1.29, 1.82) is 0 Å². The van der Waals surface area contributed by atoms with Gasteiger partial charge in [0.05, 0.1) is 21.2 Å². The van der Waals surface area contributed by atoms with E-state index in [1.54, 1.807) is 31.2 Å². The largest absolute Gasteiger partial charge is 0.478 e. The Bertz CT molecular complexity index is 1610. The van der Waals surface area contributed by atoms with E-state index in [0.29, 0.717) is 41.6 Å². The van der Waals surface area contributed by atoms with Crippen LogP contribution in [0.25, 0.3) is 0 Å². The van der Waals surface area contributed by atoms with Gasteiger partial charge in [0, 0.05) is 58.8 Å². The summed E-state index contributed by atoms with van der Waals surface area (Å²) in [4.78, 5) is 46.2. The Balaban J connectivity index is 0.000000189. The molecule has 4 aliphatic carbocycles. The van der Waals surface area contributed by atoms with Crippen molar-refractivity contribution in [3.05, 3.63) is 80.1 Å². The number of hydrogen-bond donors (Lipinski definition) is 5. The second-order valence-corrected chi connectivity index (χ2v) is 14.0. The summed E-state index contributed by atoms with van der Waals surface area (Å²) in [7, 11) is 0. The molecular weight excluding hydrogens is 663 g/mol. The number of nitrogens with one attached hydrogen (secondary N) is 3. The molecule has 0 spiro atoms. The molecule has 2 aromatic rings. The van der Waals surface area contributed by atoms with Gasteiger partial charge < -0.3 is 26.8 Å². The third-order valence-electron chi connectivity index (χ3n) is 9.54. The maximum atomic E-state index is 12.4. The molecule has 2 saturated carbocycles. The second-order valence-electron chi connectivity index (χ2n) is 13.2. The molecule has 1 amide bonds. The first-order chi connectivity index (χ1) is 23.4. The van der Waals surface area contributed by atoms with E-state index >= 15 is 0 Å². The van der Waals surface area contributed by atoms with Crippen molar-refractivity contribution in [2.75, 3.05) is 10.6 Å². The van der Waals surface area contributed by atoms with Crippen molar-refractivity contribution in [3.63, 3.8) is 0 Å². The molecule has 0 saturated heterocycles. The van der Waals surface area contributed by atoms with E-state index in [0.717, 1.165) is 47.5 Å². The zero-order chi connectivity index (χ0) is 35.5. The number of anilines is 2. The van der Waals surface area contributed by atoms with Crippen molar-refractivity contribution < 1.29 is 24.3 Å². The lowest BCUT2D eigenvalue weighted by atomic mass is 9.95. The molecule has 4 aliphatic rings.